The van der Waals surface area contributed by atoms with Crippen molar-refractivity contribution in [3.63, 3.8) is 0 Å². The van der Waals surface area contributed by atoms with Crippen molar-refractivity contribution in [3.05, 3.63) is 29.8 Å². The Bertz CT molecular complexity index is 411. The molecule has 0 fully saturated rings. The van der Waals surface area contributed by atoms with Gasteiger partial charge in [0, 0.05) is 11.7 Å². The van der Waals surface area contributed by atoms with E-state index in [0.29, 0.717) is 0 Å². The molecule has 0 spiro atoms. The summed E-state index contributed by atoms with van der Waals surface area (Å²) in [5, 5.41) is 3.11. The summed E-state index contributed by atoms with van der Waals surface area (Å²) in [5.41, 5.74) is 7.13. The Morgan fingerprint density at radius 1 is 1.39 bits per heavy atom. The molecule has 1 unspecified atom stereocenters. The number of hydrogen-bond donors (Lipinski definition) is 2. The summed E-state index contributed by atoms with van der Waals surface area (Å²) >= 11 is 0. The van der Waals surface area contributed by atoms with E-state index in [9.17, 15) is 4.79 Å². The monoisotopic (exact) mass is 250 g/mol. The summed E-state index contributed by atoms with van der Waals surface area (Å²) in [5.74, 6) is -0.260. The van der Waals surface area contributed by atoms with Crippen LogP contribution in [0.15, 0.2) is 24.3 Å². The van der Waals surface area contributed by atoms with E-state index in [1.165, 1.54) is 0 Å². The van der Waals surface area contributed by atoms with Crippen molar-refractivity contribution in [3.8, 4) is 0 Å². The number of esters is 1. The summed E-state index contributed by atoms with van der Waals surface area (Å²) in [7, 11) is 0. The van der Waals surface area contributed by atoms with E-state index in [1.54, 1.807) is 0 Å². The van der Waals surface area contributed by atoms with Gasteiger partial charge in [0.15, 0.2) is 0 Å². The largest absolute Gasteiger partial charge is 0.459 e. The van der Waals surface area contributed by atoms with Crippen LogP contribution >= 0.6 is 0 Å². The highest BCUT2D eigenvalue weighted by Crippen LogP contribution is 2.19. The first-order valence-corrected chi connectivity index (χ1v) is 6.09. The number of nitrogens with one attached hydrogen (secondary N) is 1. The maximum absolute atomic E-state index is 11.6. The molecule has 1 atom stereocenters. The first-order chi connectivity index (χ1) is 8.29. The van der Waals surface area contributed by atoms with Crippen LogP contribution in [0.25, 0.3) is 0 Å². The topological polar surface area (TPSA) is 64.3 Å². The van der Waals surface area contributed by atoms with Crippen molar-refractivity contribution >= 4 is 11.7 Å². The molecule has 0 saturated carbocycles. The average Bonchev–Trinajstić information content (AvgIpc) is 2.24. The highest BCUT2D eigenvalue weighted by molar-refractivity contribution is 5.72. The number of benzene rings is 1. The van der Waals surface area contributed by atoms with Gasteiger partial charge < -0.3 is 15.8 Å². The summed E-state index contributed by atoms with van der Waals surface area (Å²) in [6, 6.07) is 7.62. The van der Waals surface area contributed by atoms with Gasteiger partial charge in [0.1, 0.15) is 5.60 Å². The number of anilines is 1. The molecular weight excluding hydrogens is 228 g/mol. The normalized spacial score (nSPS) is 13.1. The zero-order valence-corrected chi connectivity index (χ0v) is 11.5. The highest BCUT2D eigenvalue weighted by atomic mass is 16.6. The number of nitrogens with two attached hydrogens (primary N) is 1. The second-order valence-electron chi connectivity index (χ2n) is 5.32. The fraction of sp³-hybridized carbons (Fsp3) is 0.500. The minimum atomic E-state index is -0.451. The SMILES string of the molecule is CC(NCC(=O)OC(C)(C)C)c1ccccc1N. The van der Waals surface area contributed by atoms with Gasteiger partial charge in [0.05, 0.1) is 6.54 Å². The lowest BCUT2D eigenvalue weighted by molar-refractivity contribution is -0.153. The van der Waals surface area contributed by atoms with E-state index in [1.807, 2.05) is 52.0 Å². The second-order valence-corrected chi connectivity index (χ2v) is 5.32. The van der Waals surface area contributed by atoms with Crippen LogP contribution in [0.4, 0.5) is 5.69 Å². The summed E-state index contributed by atoms with van der Waals surface area (Å²) in [6.45, 7) is 7.69. The van der Waals surface area contributed by atoms with Gasteiger partial charge in [-0.15, -0.1) is 0 Å². The third-order valence-corrected chi connectivity index (χ3v) is 2.44. The van der Waals surface area contributed by atoms with Crippen molar-refractivity contribution < 1.29 is 9.53 Å². The first-order valence-electron chi connectivity index (χ1n) is 6.09. The van der Waals surface area contributed by atoms with Gasteiger partial charge >= 0.3 is 5.97 Å². The Hall–Kier alpha value is -1.55. The first kappa shape index (κ1) is 14.5. The molecular formula is C14H22N2O2. The van der Waals surface area contributed by atoms with Crippen molar-refractivity contribution in [1.82, 2.24) is 5.32 Å². The molecule has 0 radical (unpaired) electrons. The Balaban J connectivity index is 2.49. The molecule has 100 valence electrons. The Labute approximate surface area is 109 Å². The summed E-state index contributed by atoms with van der Waals surface area (Å²) in [6.07, 6.45) is 0. The zero-order chi connectivity index (χ0) is 13.8. The molecule has 0 aliphatic carbocycles. The molecule has 4 nitrogen and oxygen atoms in total. The number of rotatable bonds is 4. The van der Waals surface area contributed by atoms with Crippen LogP contribution in [-0.4, -0.2) is 18.1 Å². The molecule has 0 saturated heterocycles. The zero-order valence-electron chi connectivity index (χ0n) is 11.5. The highest BCUT2D eigenvalue weighted by Gasteiger charge is 2.17. The molecule has 1 aromatic carbocycles. The lowest BCUT2D eigenvalue weighted by atomic mass is 10.1. The predicted octanol–water partition coefficient (Wildman–Crippen LogP) is 2.26. The van der Waals surface area contributed by atoms with E-state index < -0.39 is 5.60 Å². The maximum Gasteiger partial charge on any atom is 0.320 e. The molecule has 0 amide bonds. The molecule has 0 aliphatic rings. The predicted molar refractivity (Wildman–Crippen MR) is 73.1 cm³/mol. The fourth-order valence-electron chi connectivity index (χ4n) is 1.63. The van der Waals surface area contributed by atoms with Crippen molar-refractivity contribution in [2.24, 2.45) is 0 Å². The third kappa shape index (κ3) is 4.75. The maximum atomic E-state index is 11.6. The van der Waals surface area contributed by atoms with Crippen LogP contribution in [0, 0.1) is 0 Å². The van der Waals surface area contributed by atoms with Crippen molar-refractivity contribution in [2.45, 2.75) is 39.3 Å². The standard InChI is InChI=1S/C14H22N2O2/c1-10(11-7-5-6-8-12(11)15)16-9-13(17)18-14(2,3)4/h5-8,10,16H,9,15H2,1-4H3. The van der Waals surface area contributed by atoms with Crippen molar-refractivity contribution in [2.75, 3.05) is 12.3 Å². The number of nitrogen functional groups attached to an aromatic ring is 1. The summed E-state index contributed by atoms with van der Waals surface area (Å²) in [4.78, 5) is 11.6. The van der Waals surface area contributed by atoms with E-state index in [0.717, 1.165) is 11.3 Å². The van der Waals surface area contributed by atoms with E-state index in [-0.39, 0.29) is 18.6 Å². The van der Waals surface area contributed by atoms with Gasteiger partial charge in [-0.2, -0.15) is 0 Å². The van der Waals surface area contributed by atoms with Gasteiger partial charge in [-0.25, -0.2) is 0 Å². The van der Waals surface area contributed by atoms with Gasteiger partial charge in [-0.05, 0) is 39.3 Å². The van der Waals surface area contributed by atoms with E-state index in [4.69, 9.17) is 10.5 Å². The molecule has 4 heteroatoms. The molecule has 3 N–H and O–H groups in total. The van der Waals surface area contributed by atoms with Crippen LogP contribution in [0.2, 0.25) is 0 Å². The second kappa shape index (κ2) is 5.87. The lowest BCUT2D eigenvalue weighted by Crippen LogP contribution is -2.32. The Morgan fingerprint density at radius 2 is 2.00 bits per heavy atom. The van der Waals surface area contributed by atoms with E-state index >= 15 is 0 Å². The number of carbonyl (C=O) groups excluding carboxylic acids is 1. The Kier molecular flexibility index (Phi) is 4.73. The number of carbonyl (C=O) groups is 1. The van der Waals surface area contributed by atoms with Gasteiger partial charge in [-0.1, -0.05) is 18.2 Å². The number of ether oxygens (including phenoxy) is 1. The lowest BCUT2D eigenvalue weighted by Gasteiger charge is -2.21. The molecule has 0 aromatic heterocycles. The molecule has 0 bridgehead atoms. The molecule has 0 aliphatic heterocycles. The van der Waals surface area contributed by atoms with Crippen molar-refractivity contribution in [1.29, 1.82) is 0 Å². The van der Waals surface area contributed by atoms with E-state index in [2.05, 4.69) is 5.32 Å². The fourth-order valence-corrected chi connectivity index (χ4v) is 1.63. The average molecular weight is 250 g/mol. The van der Waals surface area contributed by atoms with Gasteiger partial charge in [0.2, 0.25) is 0 Å². The molecule has 1 rings (SSSR count). The van der Waals surface area contributed by atoms with Gasteiger partial charge in [0.25, 0.3) is 0 Å². The smallest absolute Gasteiger partial charge is 0.320 e. The van der Waals surface area contributed by atoms with Crippen LogP contribution in [0.3, 0.4) is 0 Å². The molecule has 0 heterocycles. The van der Waals surface area contributed by atoms with Crippen LogP contribution in [0.1, 0.15) is 39.3 Å². The number of para-hydroxylation sites is 1. The minimum absolute atomic E-state index is 0.0127. The Morgan fingerprint density at radius 3 is 2.56 bits per heavy atom. The minimum Gasteiger partial charge on any atom is -0.459 e. The quantitative estimate of drug-likeness (QED) is 0.635. The molecule has 1 aromatic rings. The van der Waals surface area contributed by atoms with Gasteiger partial charge in [-0.3, -0.25) is 4.79 Å². The van der Waals surface area contributed by atoms with Crippen LogP contribution in [0.5, 0.6) is 0 Å². The molecule has 18 heavy (non-hydrogen) atoms. The van der Waals surface area contributed by atoms with Crippen LogP contribution < -0.4 is 11.1 Å². The summed E-state index contributed by atoms with van der Waals surface area (Å²) < 4.78 is 5.22. The third-order valence-electron chi connectivity index (χ3n) is 2.44. The van der Waals surface area contributed by atoms with Crippen LogP contribution in [-0.2, 0) is 9.53 Å². The number of hydrogen-bond acceptors (Lipinski definition) is 4.